The molecule has 0 aliphatic rings. The van der Waals surface area contributed by atoms with Crippen LogP contribution in [0.5, 0.6) is 0 Å². The SMILES string of the molecule is CC(C)(C)SNc1ccc(CNc2ccc(NS(=O)(=O)c3ccccc3)cc2)cc1. The molecule has 7 heteroatoms. The molecule has 0 bridgehead atoms. The van der Waals surface area contributed by atoms with Crippen molar-refractivity contribution in [1.82, 2.24) is 0 Å². The van der Waals surface area contributed by atoms with Gasteiger partial charge in [-0.15, -0.1) is 0 Å². The molecule has 158 valence electrons. The van der Waals surface area contributed by atoms with Crippen LogP contribution < -0.4 is 14.8 Å². The summed E-state index contributed by atoms with van der Waals surface area (Å²) >= 11 is 1.69. The van der Waals surface area contributed by atoms with E-state index in [2.05, 4.69) is 59.8 Å². The zero-order valence-corrected chi connectivity index (χ0v) is 19.0. The standard InChI is InChI=1S/C23H27N3O2S2/c1-23(2,3)29-25-20-11-9-18(10-12-20)17-24-19-13-15-21(16-14-19)26-30(27,28)22-7-5-4-6-8-22/h4-16,24-26H,17H2,1-3H3. The van der Waals surface area contributed by atoms with Crippen LogP contribution in [0.2, 0.25) is 0 Å². The summed E-state index contributed by atoms with van der Waals surface area (Å²) in [5.74, 6) is 0. The maximum Gasteiger partial charge on any atom is 0.261 e. The lowest BCUT2D eigenvalue weighted by molar-refractivity contribution is 0.601. The van der Waals surface area contributed by atoms with Gasteiger partial charge in [0.25, 0.3) is 10.0 Å². The third kappa shape index (κ3) is 6.71. The van der Waals surface area contributed by atoms with Gasteiger partial charge >= 0.3 is 0 Å². The topological polar surface area (TPSA) is 70.2 Å². The van der Waals surface area contributed by atoms with Gasteiger partial charge in [0.1, 0.15) is 0 Å². The van der Waals surface area contributed by atoms with Crippen molar-refractivity contribution in [2.24, 2.45) is 0 Å². The average Bonchev–Trinajstić information content (AvgIpc) is 2.72. The first-order chi connectivity index (χ1) is 14.2. The van der Waals surface area contributed by atoms with Crippen molar-refractivity contribution in [3.05, 3.63) is 84.4 Å². The average molecular weight is 442 g/mol. The van der Waals surface area contributed by atoms with E-state index in [1.54, 1.807) is 54.4 Å². The highest BCUT2D eigenvalue weighted by Gasteiger charge is 2.13. The highest BCUT2D eigenvalue weighted by molar-refractivity contribution is 8.01. The first-order valence-corrected chi connectivity index (χ1v) is 12.0. The van der Waals surface area contributed by atoms with E-state index >= 15 is 0 Å². The monoisotopic (exact) mass is 441 g/mol. The van der Waals surface area contributed by atoms with Gasteiger partial charge in [0.05, 0.1) is 4.90 Å². The van der Waals surface area contributed by atoms with Crippen LogP contribution in [0.25, 0.3) is 0 Å². The Hall–Kier alpha value is -2.64. The summed E-state index contributed by atoms with van der Waals surface area (Å²) < 4.78 is 30.9. The fraction of sp³-hybridized carbons (Fsp3) is 0.217. The lowest BCUT2D eigenvalue weighted by Gasteiger charge is -2.18. The van der Waals surface area contributed by atoms with Crippen LogP contribution in [-0.2, 0) is 16.6 Å². The van der Waals surface area contributed by atoms with Gasteiger partial charge in [-0.2, -0.15) is 0 Å². The smallest absolute Gasteiger partial charge is 0.261 e. The van der Waals surface area contributed by atoms with E-state index in [9.17, 15) is 8.42 Å². The summed E-state index contributed by atoms with van der Waals surface area (Å²) in [7, 11) is -3.58. The summed E-state index contributed by atoms with van der Waals surface area (Å²) in [6.45, 7) is 7.18. The number of rotatable bonds is 8. The maximum atomic E-state index is 12.4. The first-order valence-electron chi connectivity index (χ1n) is 9.66. The van der Waals surface area contributed by atoms with Crippen LogP contribution in [0.3, 0.4) is 0 Å². The number of hydrogen-bond acceptors (Lipinski definition) is 5. The van der Waals surface area contributed by atoms with Crippen molar-refractivity contribution in [3.8, 4) is 0 Å². The minimum Gasteiger partial charge on any atom is -0.381 e. The van der Waals surface area contributed by atoms with Crippen molar-refractivity contribution in [1.29, 1.82) is 0 Å². The third-order valence-electron chi connectivity index (χ3n) is 4.12. The van der Waals surface area contributed by atoms with Gasteiger partial charge in [0, 0.05) is 28.4 Å². The van der Waals surface area contributed by atoms with Gasteiger partial charge in [0.2, 0.25) is 0 Å². The highest BCUT2D eigenvalue weighted by Crippen LogP contribution is 2.25. The molecule has 0 aromatic heterocycles. The quantitative estimate of drug-likeness (QED) is 0.376. The Morgan fingerprint density at radius 1 is 0.767 bits per heavy atom. The first kappa shape index (κ1) is 22.1. The van der Waals surface area contributed by atoms with Crippen LogP contribution >= 0.6 is 11.9 Å². The van der Waals surface area contributed by atoms with E-state index in [1.807, 2.05) is 12.1 Å². The second-order valence-corrected chi connectivity index (χ2v) is 11.2. The predicted molar refractivity (Wildman–Crippen MR) is 128 cm³/mol. The molecule has 0 saturated heterocycles. The van der Waals surface area contributed by atoms with Crippen LogP contribution in [0, 0.1) is 0 Å². The van der Waals surface area contributed by atoms with Crippen LogP contribution in [0.1, 0.15) is 26.3 Å². The Kier molecular flexibility index (Phi) is 6.95. The van der Waals surface area contributed by atoms with E-state index in [0.29, 0.717) is 12.2 Å². The van der Waals surface area contributed by atoms with Crippen LogP contribution in [-0.4, -0.2) is 13.2 Å². The number of sulfonamides is 1. The number of hydrogen-bond donors (Lipinski definition) is 3. The molecule has 0 aliphatic heterocycles. The Bertz CT molecular complexity index is 1040. The van der Waals surface area contributed by atoms with Gasteiger partial charge < -0.3 is 10.0 Å². The molecule has 0 saturated carbocycles. The lowest BCUT2D eigenvalue weighted by Crippen LogP contribution is -2.12. The summed E-state index contributed by atoms with van der Waals surface area (Å²) in [6.07, 6.45) is 0. The summed E-state index contributed by atoms with van der Waals surface area (Å²) in [4.78, 5) is 0.242. The summed E-state index contributed by atoms with van der Waals surface area (Å²) in [5, 5.41) is 3.36. The van der Waals surface area contributed by atoms with Crippen LogP contribution in [0.15, 0.2) is 83.8 Å². The van der Waals surface area contributed by atoms with E-state index in [-0.39, 0.29) is 9.64 Å². The molecule has 0 radical (unpaired) electrons. The number of nitrogens with one attached hydrogen (secondary N) is 3. The van der Waals surface area contributed by atoms with E-state index in [1.165, 1.54) is 0 Å². The molecule has 5 nitrogen and oxygen atoms in total. The Labute approximate surface area is 183 Å². The Morgan fingerprint density at radius 2 is 1.33 bits per heavy atom. The minimum absolute atomic E-state index is 0.154. The number of benzene rings is 3. The van der Waals surface area contributed by atoms with Crippen LogP contribution in [0.4, 0.5) is 17.1 Å². The lowest BCUT2D eigenvalue weighted by atomic mass is 10.2. The summed E-state index contributed by atoms with van der Waals surface area (Å²) in [6, 6.07) is 23.9. The number of anilines is 3. The molecular formula is C23H27N3O2S2. The zero-order chi connectivity index (χ0) is 21.6. The minimum atomic E-state index is -3.58. The largest absolute Gasteiger partial charge is 0.381 e. The molecule has 3 N–H and O–H groups in total. The Morgan fingerprint density at radius 3 is 1.93 bits per heavy atom. The van der Waals surface area contributed by atoms with Gasteiger partial charge in [0.15, 0.2) is 0 Å². The van der Waals surface area contributed by atoms with Crippen molar-refractivity contribution in [2.45, 2.75) is 37.0 Å². The van der Waals surface area contributed by atoms with Gasteiger partial charge in [-0.25, -0.2) is 8.42 Å². The fourth-order valence-corrected chi connectivity index (χ4v) is 4.22. The van der Waals surface area contributed by atoms with Gasteiger partial charge in [-0.05, 0) is 86.8 Å². The second-order valence-electron chi connectivity index (χ2n) is 7.86. The molecule has 30 heavy (non-hydrogen) atoms. The highest BCUT2D eigenvalue weighted by atomic mass is 32.2. The normalized spacial score (nSPS) is 11.7. The molecule has 0 heterocycles. The molecule has 0 amide bonds. The second kappa shape index (κ2) is 9.45. The molecular weight excluding hydrogens is 414 g/mol. The zero-order valence-electron chi connectivity index (χ0n) is 17.3. The third-order valence-corrected chi connectivity index (χ3v) is 6.46. The predicted octanol–water partition coefficient (Wildman–Crippen LogP) is 5.96. The maximum absolute atomic E-state index is 12.4. The Balaban J connectivity index is 1.53. The molecule has 0 atom stereocenters. The molecule has 0 unspecified atom stereocenters. The fourth-order valence-electron chi connectivity index (χ4n) is 2.58. The van der Waals surface area contributed by atoms with E-state index < -0.39 is 10.0 Å². The van der Waals surface area contributed by atoms with E-state index in [4.69, 9.17) is 0 Å². The van der Waals surface area contributed by atoms with Crippen molar-refractivity contribution < 1.29 is 8.42 Å². The molecule has 0 fully saturated rings. The van der Waals surface area contributed by atoms with E-state index in [0.717, 1.165) is 16.9 Å². The van der Waals surface area contributed by atoms with Crippen molar-refractivity contribution in [3.63, 3.8) is 0 Å². The summed E-state index contributed by atoms with van der Waals surface area (Å²) in [5.41, 5.74) is 3.68. The van der Waals surface area contributed by atoms with Gasteiger partial charge in [-0.1, -0.05) is 30.3 Å². The van der Waals surface area contributed by atoms with Crippen molar-refractivity contribution >= 4 is 39.0 Å². The van der Waals surface area contributed by atoms with Crippen molar-refractivity contribution in [2.75, 3.05) is 14.8 Å². The van der Waals surface area contributed by atoms with Gasteiger partial charge in [-0.3, -0.25) is 4.72 Å². The molecule has 0 spiro atoms. The molecule has 3 aromatic rings. The molecule has 0 aliphatic carbocycles. The molecule has 3 aromatic carbocycles. The molecule has 3 rings (SSSR count).